The molecule has 116 valence electrons. The first-order valence-electron chi connectivity index (χ1n) is 7.89. The third-order valence-corrected chi connectivity index (χ3v) is 4.44. The van der Waals surface area contributed by atoms with E-state index >= 15 is 0 Å². The van der Waals surface area contributed by atoms with Crippen molar-refractivity contribution in [3.8, 4) is 0 Å². The molecule has 0 heterocycles. The van der Waals surface area contributed by atoms with Crippen LogP contribution in [-0.2, 0) is 11.2 Å². The second-order valence-electron chi connectivity index (χ2n) is 5.96. The number of aliphatic hydroxyl groups excluding tert-OH is 1. The minimum atomic E-state index is -0.222. The molecule has 0 bridgehead atoms. The predicted molar refractivity (Wildman–Crippen MR) is 83.7 cm³/mol. The van der Waals surface area contributed by atoms with Crippen molar-refractivity contribution in [3.63, 3.8) is 0 Å². The van der Waals surface area contributed by atoms with E-state index in [0.29, 0.717) is 13.0 Å². The Bertz CT molecular complexity index is 436. The minimum Gasteiger partial charge on any atom is -0.394 e. The number of hydrogen-bond donors (Lipinski definition) is 3. The first kappa shape index (κ1) is 16.0. The Morgan fingerprint density at radius 2 is 2.00 bits per heavy atom. The maximum atomic E-state index is 12.4. The van der Waals surface area contributed by atoms with E-state index in [4.69, 9.17) is 5.73 Å². The van der Waals surface area contributed by atoms with Crippen LogP contribution in [0.3, 0.4) is 0 Å². The van der Waals surface area contributed by atoms with Gasteiger partial charge >= 0.3 is 0 Å². The molecule has 1 aliphatic rings. The van der Waals surface area contributed by atoms with Crippen molar-refractivity contribution in [2.45, 2.75) is 38.1 Å². The molecule has 4 heteroatoms. The average Bonchev–Trinajstić information content (AvgIpc) is 2.55. The van der Waals surface area contributed by atoms with E-state index in [2.05, 4.69) is 5.32 Å². The van der Waals surface area contributed by atoms with Crippen LogP contribution in [0.25, 0.3) is 0 Å². The zero-order valence-electron chi connectivity index (χ0n) is 12.5. The molecule has 1 aromatic carbocycles. The van der Waals surface area contributed by atoms with Crippen molar-refractivity contribution in [1.29, 1.82) is 0 Å². The highest BCUT2D eigenvalue weighted by Crippen LogP contribution is 2.29. The van der Waals surface area contributed by atoms with Crippen LogP contribution in [-0.4, -0.2) is 30.2 Å². The zero-order valence-corrected chi connectivity index (χ0v) is 12.5. The monoisotopic (exact) mass is 290 g/mol. The summed E-state index contributed by atoms with van der Waals surface area (Å²) in [4.78, 5) is 12.4. The van der Waals surface area contributed by atoms with Gasteiger partial charge in [0.05, 0.1) is 12.6 Å². The summed E-state index contributed by atoms with van der Waals surface area (Å²) in [6, 6.07) is 9.70. The highest BCUT2D eigenvalue weighted by atomic mass is 16.3. The molecule has 21 heavy (non-hydrogen) atoms. The minimum absolute atomic E-state index is 0.00794. The Labute approximate surface area is 126 Å². The van der Waals surface area contributed by atoms with Gasteiger partial charge in [-0.25, -0.2) is 0 Å². The number of benzene rings is 1. The quantitative estimate of drug-likeness (QED) is 0.742. The molecule has 2 rings (SSSR count). The van der Waals surface area contributed by atoms with Gasteiger partial charge in [-0.2, -0.15) is 0 Å². The van der Waals surface area contributed by atoms with E-state index in [1.807, 2.05) is 30.3 Å². The first-order valence-corrected chi connectivity index (χ1v) is 7.89. The Morgan fingerprint density at radius 1 is 1.29 bits per heavy atom. The predicted octanol–water partition coefficient (Wildman–Crippen LogP) is 1.47. The molecule has 1 fully saturated rings. The topological polar surface area (TPSA) is 75.4 Å². The normalized spacial score (nSPS) is 23.5. The molecule has 0 radical (unpaired) electrons. The molecule has 1 amide bonds. The van der Waals surface area contributed by atoms with Crippen LogP contribution < -0.4 is 11.1 Å². The van der Waals surface area contributed by atoms with Crippen molar-refractivity contribution in [2.75, 3.05) is 13.2 Å². The van der Waals surface area contributed by atoms with Gasteiger partial charge in [0, 0.05) is 5.92 Å². The van der Waals surface area contributed by atoms with E-state index in [0.717, 1.165) is 24.8 Å². The summed E-state index contributed by atoms with van der Waals surface area (Å²) >= 11 is 0. The van der Waals surface area contributed by atoms with Gasteiger partial charge in [-0.1, -0.05) is 43.2 Å². The largest absolute Gasteiger partial charge is 0.394 e. The number of carbonyl (C=O) groups is 1. The lowest BCUT2D eigenvalue weighted by molar-refractivity contribution is -0.128. The number of nitrogens with two attached hydrogens (primary N) is 1. The molecule has 1 aromatic rings. The maximum Gasteiger partial charge on any atom is 0.223 e. The molecular formula is C17H26N2O2. The molecule has 0 aromatic heterocycles. The van der Waals surface area contributed by atoms with Crippen molar-refractivity contribution < 1.29 is 9.90 Å². The molecule has 1 aliphatic carbocycles. The third-order valence-electron chi connectivity index (χ3n) is 4.44. The van der Waals surface area contributed by atoms with Gasteiger partial charge in [0.1, 0.15) is 0 Å². The fourth-order valence-corrected chi connectivity index (χ4v) is 3.20. The molecule has 0 saturated heterocycles. The van der Waals surface area contributed by atoms with E-state index in [1.54, 1.807) is 0 Å². The van der Waals surface area contributed by atoms with Crippen LogP contribution in [0.4, 0.5) is 0 Å². The highest BCUT2D eigenvalue weighted by Gasteiger charge is 2.30. The van der Waals surface area contributed by atoms with Crippen LogP contribution in [0.15, 0.2) is 30.3 Å². The lowest BCUT2D eigenvalue weighted by Gasteiger charge is -2.31. The Morgan fingerprint density at radius 3 is 2.67 bits per heavy atom. The fraction of sp³-hybridized carbons (Fsp3) is 0.588. The molecule has 3 atom stereocenters. The average molecular weight is 290 g/mol. The number of amides is 1. The number of rotatable bonds is 6. The fourth-order valence-electron chi connectivity index (χ4n) is 3.20. The zero-order chi connectivity index (χ0) is 15.1. The van der Waals surface area contributed by atoms with Gasteiger partial charge in [-0.3, -0.25) is 4.79 Å². The summed E-state index contributed by atoms with van der Waals surface area (Å²) in [6.07, 6.45) is 4.87. The van der Waals surface area contributed by atoms with Gasteiger partial charge in [0.25, 0.3) is 0 Å². The second-order valence-corrected chi connectivity index (χ2v) is 5.96. The lowest BCUT2D eigenvalue weighted by Crippen LogP contribution is -2.46. The first-order chi connectivity index (χ1) is 10.2. The summed E-state index contributed by atoms with van der Waals surface area (Å²) in [5.41, 5.74) is 6.91. The second kappa shape index (κ2) is 8.15. The molecule has 1 saturated carbocycles. The van der Waals surface area contributed by atoms with Gasteiger partial charge in [-0.05, 0) is 37.3 Å². The molecule has 0 aliphatic heterocycles. The van der Waals surface area contributed by atoms with Crippen molar-refractivity contribution in [1.82, 2.24) is 5.32 Å². The smallest absolute Gasteiger partial charge is 0.223 e. The van der Waals surface area contributed by atoms with Gasteiger partial charge < -0.3 is 16.2 Å². The Kier molecular flexibility index (Phi) is 6.21. The molecule has 4 nitrogen and oxygen atoms in total. The number of aliphatic hydroxyl groups is 1. The van der Waals surface area contributed by atoms with E-state index in [9.17, 15) is 9.90 Å². The number of carbonyl (C=O) groups excluding carboxylic acids is 1. The van der Waals surface area contributed by atoms with Crippen molar-refractivity contribution in [3.05, 3.63) is 35.9 Å². The summed E-state index contributed by atoms with van der Waals surface area (Å²) in [5.74, 6) is 0.350. The maximum absolute atomic E-state index is 12.4. The highest BCUT2D eigenvalue weighted by molar-refractivity contribution is 5.79. The lowest BCUT2D eigenvalue weighted by atomic mass is 9.78. The summed E-state index contributed by atoms with van der Waals surface area (Å²) in [7, 11) is 0. The van der Waals surface area contributed by atoms with E-state index < -0.39 is 0 Å². The Balaban J connectivity index is 1.92. The van der Waals surface area contributed by atoms with Gasteiger partial charge in [0.2, 0.25) is 5.91 Å². The number of hydrogen-bond acceptors (Lipinski definition) is 3. The summed E-state index contributed by atoms with van der Waals surface area (Å²) in [6.45, 7) is 0.529. The molecule has 4 N–H and O–H groups in total. The standard InChI is InChI=1S/C17H26N2O2/c18-11-14-8-4-5-9-16(14)17(21)19-15(12-20)10-13-6-2-1-3-7-13/h1-3,6-7,14-16,20H,4-5,8-12,18H2,(H,19,21). The van der Waals surface area contributed by atoms with Crippen molar-refractivity contribution in [2.24, 2.45) is 17.6 Å². The molecule has 0 spiro atoms. The SMILES string of the molecule is NCC1CCCCC1C(=O)NC(CO)Cc1ccccc1. The van der Waals surface area contributed by atoms with Crippen LogP contribution in [0.5, 0.6) is 0 Å². The molecule has 3 unspecified atom stereocenters. The molecular weight excluding hydrogens is 264 g/mol. The third kappa shape index (κ3) is 4.55. The van der Waals surface area contributed by atoms with Crippen molar-refractivity contribution >= 4 is 5.91 Å². The van der Waals surface area contributed by atoms with Crippen LogP contribution in [0, 0.1) is 11.8 Å². The van der Waals surface area contributed by atoms with E-state index in [1.165, 1.54) is 6.42 Å². The summed E-state index contributed by atoms with van der Waals surface area (Å²) < 4.78 is 0. The van der Waals surface area contributed by atoms with Gasteiger partial charge in [-0.15, -0.1) is 0 Å². The van der Waals surface area contributed by atoms with E-state index in [-0.39, 0.29) is 30.4 Å². The van der Waals surface area contributed by atoms with Crippen LogP contribution in [0.1, 0.15) is 31.2 Å². The van der Waals surface area contributed by atoms with Crippen LogP contribution in [0.2, 0.25) is 0 Å². The van der Waals surface area contributed by atoms with Crippen LogP contribution >= 0.6 is 0 Å². The summed E-state index contributed by atoms with van der Waals surface area (Å²) in [5, 5.41) is 12.5. The Hall–Kier alpha value is -1.39. The van der Waals surface area contributed by atoms with Gasteiger partial charge in [0.15, 0.2) is 0 Å². The number of nitrogens with one attached hydrogen (secondary N) is 1.